The Morgan fingerprint density at radius 1 is 1.44 bits per heavy atom. The van der Waals surface area contributed by atoms with Crippen LogP contribution >= 0.6 is 0 Å². The highest BCUT2D eigenvalue weighted by Crippen LogP contribution is 2.20. The zero-order valence-corrected chi connectivity index (χ0v) is 8.70. The molecule has 1 atom stereocenters. The molecule has 1 aromatic carbocycles. The third-order valence-corrected chi connectivity index (χ3v) is 2.04. The number of aliphatic hydroxyl groups is 1. The van der Waals surface area contributed by atoms with Gasteiger partial charge in [0.15, 0.2) is 0 Å². The van der Waals surface area contributed by atoms with Crippen molar-refractivity contribution in [1.82, 2.24) is 0 Å². The third kappa shape index (κ3) is 2.30. The second-order valence-electron chi connectivity index (χ2n) is 3.20. The lowest BCUT2D eigenvalue weighted by Crippen LogP contribution is -2.57. The highest BCUT2D eigenvalue weighted by Gasteiger charge is 2.43. The lowest BCUT2D eigenvalue weighted by Gasteiger charge is -2.31. The number of anilines is 1. The van der Waals surface area contributed by atoms with Gasteiger partial charge in [0, 0.05) is 7.11 Å². The van der Waals surface area contributed by atoms with Crippen LogP contribution < -0.4 is 5.06 Å². The Balaban J connectivity index is 3.00. The van der Waals surface area contributed by atoms with Gasteiger partial charge in [-0.1, -0.05) is 18.2 Å². The quantitative estimate of drug-likeness (QED) is 0.495. The molecule has 1 rings (SSSR count). The summed E-state index contributed by atoms with van der Waals surface area (Å²) in [5, 5.41) is 28.6. The Morgan fingerprint density at radius 2 is 2.00 bits per heavy atom. The summed E-state index contributed by atoms with van der Waals surface area (Å²) in [6, 6.07) is 7.84. The molecule has 0 radical (unpaired) electrons. The normalized spacial score (nSPS) is 14.2. The van der Waals surface area contributed by atoms with Gasteiger partial charge in [-0.15, -0.1) is 0 Å². The lowest BCUT2D eigenvalue weighted by atomic mass is 10.2. The van der Waals surface area contributed by atoms with Gasteiger partial charge < -0.3 is 14.9 Å². The summed E-state index contributed by atoms with van der Waals surface area (Å²) in [4.78, 5) is 10.9. The average molecular weight is 227 g/mol. The molecule has 0 aliphatic rings. The van der Waals surface area contributed by atoms with Crippen molar-refractivity contribution >= 4 is 11.7 Å². The molecule has 88 valence electrons. The highest BCUT2D eigenvalue weighted by atomic mass is 16.6. The van der Waals surface area contributed by atoms with Crippen molar-refractivity contribution in [3.63, 3.8) is 0 Å². The van der Waals surface area contributed by atoms with Gasteiger partial charge in [-0.25, -0.2) is 9.86 Å². The summed E-state index contributed by atoms with van der Waals surface area (Å²) in [6.07, 6.45) is 0. The first-order valence-electron chi connectivity index (χ1n) is 4.51. The molecule has 0 aromatic heterocycles. The van der Waals surface area contributed by atoms with Crippen molar-refractivity contribution in [2.45, 2.75) is 5.72 Å². The molecular formula is C10H13NO5. The van der Waals surface area contributed by atoms with Crippen molar-refractivity contribution in [3.8, 4) is 0 Å². The zero-order valence-electron chi connectivity index (χ0n) is 8.70. The van der Waals surface area contributed by atoms with E-state index in [1.807, 2.05) is 0 Å². The van der Waals surface area contributed by atoms with Crippen molar-refractivity contribution < 1.29 is 25.0 Å². The molecule has 0 heterocycles. The fraction of sp³-hybridized carbons (Fsp3) is 0.300. The molecule has 0 amide bonds. The van der Waals surface area contributed by atoms with Crippen LogP contribution in [-0.4, -0.2) is 40.8 Å². The maximum absolute atomic E-state index is 10.9. The van der Waals surface area contributed by atoms with Crippen LogP contribution in [0.15, 0.2) is 30.3 Å². The maximum atomic E-state index is 10.9. The Bertz CT molecular complexity index is 355. The first-order chi connectivity index (χ1) is 7.52. The minimum atomic E-state index is -2.50. The van der Waals surface area contributed by atoms with Gasteiger partial charge in [0.1, 0.15) is 6.61 Å². The summed E-state index contributed by atoms with van der Waals surface area (Å²) in [6.45, 7) is -0.562. The van der Waals surface area contributed by atoms with E-state index in [2.05, 4.69) is 4.74 Å². The van der Waals surface area contributed by atoms with E-state index in [-0.39, 0.29) is 10.8 Å². The molecule has 6 nitrogen and oxygen atoms in total. The van der Waals surface area contributed by atoms with Crippen LogP contribution in [0.3, 0.4) is 0 Å². The number of methoxy groups -OCH3 is 1. The number of hydrogen-bond acceptors (Lipinski definition) is 5. The maximum Gasteiger partial charge on any atom is 0.362 e. The monoisotopic (exact) mass is 227 g/mol. The summed E-state index contributed by atoms with van der Waals surface area (Å²) in [7, 11) is 1.23. The van der Waals surface area contributed by atoms with Crippen LogP contribution in [0.2, 0.25) is 0 Å². The van der Waals surface area contributed by atoms with Gasteiger partial charge in [0.2, 0.25) is 0 Å². The molecule has 6 heteroatoms. The van der Waals surface area contributed by atoms with Crippen LogP contribution in [0.1, 0.15) is 0 Å². The van der Waals surface area contributed by atoms with E-state index in [0.717, 1.165) is 0 Å². The molecule has 0 saturated carbocycles. The van der Waals surface area contributed by atoms with E-state index in [4.69, 9.17) is 5.11 Å². The van der Waals surface area contributed by atoms with Crippen LogP contribution in [0.4, 0.5) is 5.69 Å². The van der Waals surface area contributed by atoms with E-state index < -0.39 is 18.3 Å². The molecular weight excluding hydrogens is 214 g/mol. The first kappa shape index (κ1) is 12.4. The van der Waals surface area contributed by atoms with E-state index >= 15 is 0 Å². The van der Waals surface area contributed by atoms with Crippen LogP contribution in [-0.2, 0) is 9.53 Å². The van der Waals surface area contributed by atoms with E-state index in [1.54, 1.807) is 18.2 Å². The van der Waals surface area contributed by atoms with Gasteiger partial charge >= 0.3 is 5.97 Å². The van der Waals surface area contributed by atoms with Crippen LogP contribution in [0.25, 0.3) is 0 Å². The Labute approximate surface area is 92.3 Å². The number of carboxylic acid groups (broad SMARTS) is 1. The van der Waals surface area contributed by atoms with E-state index in [9.17, 15) is 15.1 Å². The molecule has 0 aliphatic heterocycles. The number of nitrogens with zero attached hydrogens (tertiary/aromatic N) is 1. The van der Waals surface area contributed by atoms with Gasteiger partial charge in [-0.05, 0) is 12.1 Å². The summed E-state index contributed by atoms with van der Waals surface area (Å²) >= 11 is 0. The van der Waals surface area contributed by atoms with Gasteiger partial charge in [0.05, 0.1) is 5.69 Å². The minimum absolute atomic E-state index is 0.157. The zero-order chi connectivity index (χ0) is 12.2. The minimum Gasteiger partial charge on any atom is -0.478 e. The molecule has 0 aliphatic carbocycles. The summed E-state index contributed by atoms with van der Waals surface area (Å²) in [5.41, 5.74) is -2.35. The topological polar surface area (TPSA) is 90.2 Å². The Morgan fingerprint density at radius 3 is 2.44 bits per heavy atom. The van der Waals surface area contributed by atoms with Crippen molar-refractivity contribution in [3.05, 3.63) is 30.3 Å². The number of para-hydroxylation sites is 1. The molecule has 1 aromatic rings. The molecule has 1 unspecified atom stereocenters. The number of ether oxygens (including phenoxy) is 1. The van der Waals surface area contributed by atoms with Gasteiger partial charge in [-0.3, -0.25) is 5.21 Å². The summed E-state index contributed by atoms with van der Waals surface area (Å²) in [5.74, 6) is -1.60. The molecule has 0 saturated heterocycles. The Kier molecular flexibility index (Phi) is 3.83. The highest BCUT2D eigenvalue weighted by molar-refractivity contribution is 5.80. The average Bonchev–Trinajstić information content (AvgIpc) is 2.29. The smallest absolute Gasteiger partial charge is 0.362 e. The second kappa shape index (κ2) is 4.93. The molecule has 0 bridgehead atoms. The number of rotatable bonds is 5. The predicted molar refractivity (Wildman–Crippen MR) is 55.2 cm³/mol. The number of hydrogen-bond donors (Lipinski definition) is 3. The largest absolute Gasteiger partial charge is 0.478 e. The van der Waals surface area contributed by atoms with Crippen LogP contribution in [0, 0.1) is 0 Å². The fourth-order valence-corrected chi connectivity index (χ4v) is 1.20. The fourth-order valence-electron chi connectivity index (χ4n) is 1.20. The van der Waals surface area contributed by atoms with Crippen molar-refractivity contribution in [2.75, 3.05) is 18.8 Å². The van der Waals surface area contributed by atoms with Gasteiger partial charge in [-0.2, -0.15) is 0 Å². The SMILES string of the molecule is COCC(O)(C(=O)O)N(O)c1ccccc1. The number of aliphatic carboxylic acids is 1. The molecule has 0 fully saturated rings. The number of hydroxylamine groups is 1. The second-order valence-corrected chi connectivity index (χ2v) is 3.20. The number of benzene rings is 1. The van der Waals surface area contributed by atoms with Crippen LogP contribution in [0.5, 0.6) is 0 Å². The third-order valence-electron chi connectivity index (χ3n) is 2.04. The van der Waals surface area contributed by atoms with Crippen molar-refractivity contribution in [2.24, 2.45) is 0 Å². The predicted octanol–water partition coefficient (Wildman–Crippen LogP) is 0.302. The molecule has 3 N–H and O–H groups in total. The van der Waals surface area contributed by atoms with E-state index in [0.29, 0.717) is 0 Å². The van der Waals surface area contributed by atoms with Gasteiger partial charge in [0.25, 0.3) is 5.72 Å². The standard InChI is InChI=1S/C10H13NO5/c1-16-7-10(14,9(12)13)11(15)8-5-3-2-4-6-8/h2-6,14-15H,7H2,1H3,(H,12,13). The first-order valence-corrected chi connectivity index (χ1v) is 4.51. The molecule has 16 heavy (non-hydrogen) atoms. The van der Waals surface area contributed by atoms with E-state index in [1.165, 1.54) is 19.2 Å². The number of carboxylic acids is 1. The Hall–Kier alpha value is -1.63. The number of carbonyl (C=O) groups is 1. The lowest BCUT2D eigenvalue weighted by molar-refractivity contribution is -0.172. The van der Waals surface area contributed by atoms with Crippen molar-refractivity contribution in [1.29, 1.82) is 0 Å². The summed E-state index contributed by atoms with van der Waals surface area (Å²) < 4.78 is 4.58. The molecule has 0 spiro atoms.